The molecule has 2 fully saturated rings. The number of rotatable bonds is 10. The molecule has 1 aromatic heterocycles. The highest BCUT2D eigenvalue weighted by Crippen LogP contribution is 2.53. The van der Waals surface area contributed by atoms with Crippen molar-refractivity contribution >= 4 is 45.6 Å². The molecule has 3 aliphatic rings. The zero-order chi connectivity index (χ0) is 27.1. The molecule has 2 aliphatic heterocycles. The summed E-state index contributed by atoms with van der Waals surface area (Å²) in [5.41, 5.74) is 2.02. The highest BCUT2D eigenvalue weighted by molar-refractivity contribution is 9.08. The van der Waals surface area contributed by atoms with E-state index in [0.717, 1.165) is 87.6 Å². The van der Waals surface area contributed by atoms with Crippen LogP contribution in [0.2, 0.25) is 0 Å². The Kier molecular flexibility index (Phi) is 10.5. The molecule has 1 saturated carbocycles. The van der Waals surface area contributed by atoms with Crippen molar-refractivity contribution in [1.82, 2.24) is 14.3 Å². The minimum Gasteiger partial charge on any atom is -0.351 e. The van der Waals surface area contributed by atoms with Gasteiger partial charge in [0.15, 0.2) is 0 Å². The van der Waals surface area contributed by atoms with Crippen molar-refractivity contribution in [2.45, 2.75) is 113 Å². The summed E-state index contributed by atoms with van der Waals surface area (Å²) < 4.78 is 2.45. The summed E-state index contributed by atoms with van der Waals surface area (Å²) in [6.07, 6.45) is 11.2. The Morgan fingerprint density at radius 1 is 1.16 bits per heavy atom. The van der Waals surface area contributed by atoms with Gasteiger partial charge in [-0.2, -0.15) is 4.98 Å². The lowest BCUT2D eigenvalue weighted by Crippen LogP contribution is -2.48. The molecule has 0 unspecified atom stereocenters. The van der Waals surface area contributed by atoms with Crippen LogP contribution < -0.4 is 10.2 Å². The van der Waals surface area contributed by atoms with Crippen molar-refractivity contribution in [3.63, 3.8) is 0 Å². The third-order valence-electron chi connectivity index (χ3n) is 8.03. The summed E-state index contributed by atoms with van der Waals surface area (Å²) >= 11 is 5.40. The third-order valence-corrected chi connectivity index (χ3v) is 9.77. The molecule has 1 amide bonds. The van der Waals surface area contributed by atoms with Crippen molar-refractivity contribution in [3.05, 3.63) is 41.6 Å². The van der Waals surface area contributed by atoms with E-state index in [4.69, 9.17) is 9.97 Å². The molecule has 1 aliphatic carbocycles. The molecule has 1 aromatic carbocycles. The molecule has 2 aromatic rings. The van der Waals surface area contributed by atoms with Gasteiger partial charge in [0.2, 0.25) is 11.9 Å². The van der Waals surface area contributed by atoms with E-state index >= 15 is 0 Å². The lowest BCUT2D eigenvalue weighted by molar-refractivity contribution is -0.126. The number of nitrogens with one attached hydrogen (secondary N) is 1. The van der Waals surface area contributed by atoms with Crippen LogP contribution >= 0.6 is 27.9 Å². The van der Waals surface area contributed by atoms with Crippen LogP contribution in [0.4, 0.5) is 11.8 Å². The first-order valence-corrected chi connectivity index (χ1v) is 16.5. The fourth-order valence-electron chi connectivity index (χ4n) is 5.94. The maximum Gasteiger partial charge on any atom is 0.239 e. The Labute approximate surface area is 242 Å². The highest BCUT2D eigenvalue weighted by Gasteiger charge is 2.56. The summed E-state index contributed by atoms with van der Waals surface area (Å²) in [6, 6.07) is 9.31. The summed E-state index contributed by atoms with van der Waals surface area (Å²) in [7, 11) is 0. The van der Waals surface area contributed by atoms with Gasteiger partial charge >= 0.3 is 0 Å². The summed E-state index contributed by atoms with van der Waals surface area (Å²) in [5.74, 6) is 1.82. The van der Waals surface area contributed by atoms with Gasteiger partial charge in [-0.1, -0.05) is 75.0 Å². The number of carbonyl (C=O) groups excluding carboxylic acids is 1. The molecule has 5 rings (SSSR count). The van der Waals surface area contributed by atoms with E-state index in [0.29, 0.717) is 12.0 Å². The molecule has 208 valence electrons. The molecule has 0 bridgehead atoms. The number of halogens is 1. The largest absolute Gasteiger partial charge is 0.351 e. The number of alkyl halides is 1. The Morgan fingerprint density at radius 2 is 1.87 bits per heavy atom. The van der Waals surface area contributed by atoms with Gasteiger partial charge in [-0.05, 0) is 68.2 Å². The lowest BCUT2D eigenvalue weighted by atomic mass is 9.66. The summed E-state index contributed by atoms with van der Waals surface area (Å²) in [5, 5.41) is 4.50. The Morgan fingerprint density at radius 3 is 2.47 bits per heavy atom. The van der Waals surface area contributed by atoms with E-state index in [9.17, 15) is 4.79 Å². The number of nitrogens with zero attached hydrogens (tertiary/aromatic N) is 4. The second-order valence-corrected chi connectivity index (χ2v) is 12.2. The number of hydrogen-bond donors (Lipinski definition) is 1. The summed E-state index contributed by atoms with van der Waals surface area (Å²) in [6.45, 7) is 10.5. The van der Waals surface area contributed by atoms with Crippen LogP contribution in [0.15, 0.2) is 35.4 Å². The van der Waals surface area contributed by atoms with Crippen molar-refractivity contribution in [2.75, 3.05) is 23.3 Å². The monoisotopic (exact) mass is 601 g/mol. The van der Waals surface area contributed by atoms with Crippen molar-refractivity contribution in [2.24, 2.45) is 0 Å². The minimum atomic E-state index is -0.359. The van der Waals surface area contributed by atoms with Crippen molar-refractivity contribution in [1.29, 1.82) is 0 Å². The number of piperidine rings is 1. The van der Waals surface area contributed by atoms with Crippen LogP contribution in [0.1, 0.15) is 96.6 Å². The molecule has 38 heavy (non-hydrogen) atoms. The maximum atomic E-state index is 13.7. The molecule has 8 heteroatoms. The fourth-order valence-corrected chi connectivity index (χ4v) is 7.32. The van der Waals surface area contributed by atoms with Gasteiger partial charge in [0.1, 0.15) is 5.82 Å². The third kappa shape index (κ3) is 6.07. The van der Waals surface area contributed by atoms with Crippen LogP contribution in [0, 0.1) is 0 Å². The second kappa shape index (κ2) is 13.6. The predicted molar refractivity (Wildman–Crippen MR) is 163 cm³/mol. The van der Waals surface area contributed by atoms with E-state index in [2.05, 4.69) is 68.6 Å². The van der Waals surface area contributed by atoms with Crippen LogP contribution in [-0.2, 0) is 15.5 Å². The normalized spacial score (nSPS) is 18.8. The van der Waals surface area contributed by atoms with Crippen LogP contribution in [0.3, 0.4) is 0 Å². The molecule has 1 N–H and O–H groups in total. The number of aromatic nitrogens is 2. The van der Waals surface area contributed by atoms with Crippen molar-refractivity contribution in [3.8, 4) is 0 Å². The number of carbonyl (C=O) groups is 1. The predicted octanol–water partition coefficient (Wildman–Crippen LogP) is 7.72. The first kappa shape index (κ1) is 29.3. The van der Waals surface area contributed by atoms with Gasteiger partial charge in [-0.15, -0.1) is 0 Å². The molecule has 0 radical (unpaired) electrons. The van der Waals surface area contributed by atoms with E-state index < -0.39 is 0 Å². The van der Waals surface area contributed by atoms with E-state index in [1.807, 2.05) is 32.0 Å². The van der Waals surface area contributed by atoms with Gasteiger partial charge in [0.05, 0.1) is 5.41 Å². The number of hydrogen-bond acceptors (Lipinski definition) is 6. The SMILES string of the molecule is CC.CCCC(CCC)N1C(=O)C2(CCC2)c2cnc(NC3CCN(Sc4cccc(CBr)c4)CC3)nc21. The fraction of sp³-hybridized carbons (Fsp3) is 0.633. The maximum absolute atomic E-state index is 13.7. The van der Waals surface area contributed by atoms with Crippen LogP contribution in [0.25, 0.3) is 0 Å². The zero-order valence-electron chi connectivity index (χ0n) is 23.5. The zero-order valence-corrected chi connectivity index (χ0v) is 25.9. The van der Waals surface area contributed by atoms with Gasteiger partial charge < -0.3 is 5.32 Å². The first-order valence-electron chi connectivity index (χ1n) is 14.6. The first-order chi connectivity index (χ1) is 18.6. The molecular formula is C30H44BrN5OS. The average molecular weight is 603 g/mol. The molecule has 3 heterocycles. The number of fused-ring (bicyclic) bond motifs is 2. The smallest absolute Gasteiger partial charge is 0.239 e. The standard InChI is InChI=1S/C28H38BrN5OS.C2H6/c1-3-7-22(8-4-2)34-25-24(28(26(34)35)13-6-14-28)19-30-27(32-25)31-21-11-15-33(16-12-21)36-23-10-5-9-20(17-23)18-29;1-2/h5,9-10,17,19,21-22H,3-4,6-8,11-16,18H2,1-2H3,(H,30,31,32);1-2H3. The average Bonchev–Trinajstić information content (AvgIpc) is 3.18. The van der Waals surface area contributed by atoms with Gasteiger partial charge in [0.25, 0.3) is 0 Å². The van der Waals surface area contributed by atoms with Gasteiger partial charge in [0, 0.05) is 47.2 Å². The van der Waals surface area contributed by atoms with Crippen LogP contribution in [0.5, 0.6) is 0 Å². The molecular weight excluding hydrogens is 558 g/mol. The lowest BCUT2D eigenvalue weighted by Gasteiger charge is -2.37. The number of amides is 1. The van der Waals surface area contributed by atoms with E-state index in [1.165, 1.54) is 10.5 Å². The summed E-state index contributed by atoms with van der Waals surface area (Å²) in [4.78, 5) is 26.8. The van der Waals surface area contributed by atoms with E-state index in [-0.39, 0.29) is 17.4 Å². The Balaban J connectivity index is 0.00000164. The quantitative estimate of drug-likeness (QED) is 0.222. The Hall–Kier alpha value is -1.64. The van der Waals surface area contributed by atoms with Gasteiger partial charge in [-0.25, -0.2) is 9.29 Å². The molecule has 1 saturated heterocycles. The highest BCUT2D eigenvalue weighted by atomic mass is 79.9. The van der Waals surface area contributed by atoms with Crippen LogP contribution in [-0.4, -0.2) is 45.4 Å². The topological polar surface area (TPSA) is 61.4 Å². The molecule has 1 spiro atoms. The van der Waals surface area contributed by atoms with Gasteiger partial charge in [-0.3, -0.25) is 9.69 Å². The van der Waals surface area contributed by atoms with E-state index in [1.54, 1.807) is 0 Å². The number of anilines is 2. The molecule has 0 atom stereocenters. The van der Waals surface area contributed by atoms with Crippen molar-refractivity contribution < 1.29 is 4.79 Å². The molecule has 6 nitrogen and oxygen atoms in total. The second-order valence-electron chi connectivity index (χ2n) is 10.5. The minimum absolute atomic E-state index is 0.234. The number of benzene rings is 1. The Bertz CT molecular complexity index is 1060.